The van der Waals surface area contributed by atoms with Gasteiger partial charge >= 0.3 is 0 Å². The van der Waals surface area contributed by atoms with Crippen LogP contribution in [-0.2, 0) is 0 Å². The number of hydrogen-bond donors (Lipinski definition) is 0. The molecule has 0 nitrogen and oxygen atoms in total. The van der Waals surface area contributed by atoms with E-state index in [0.717, 1.165) is 5.92 Å². The van der Waals surface area contributed by atoms with Crippen molar-refractivity contribution in [3.05, 3.63) is 6.42 Å². The molecular weight excluding hydrogens is 216 g/mol. The predicted octanol–water partition coefficient (Wildman–Crippen LogP) is 6.69. The van der Waals surface area contributed by atoms with Crippen LogP contribution in [0.2, 0.25) is 0 Å². The van der Waals surface area contributed by atoms with E-state index in [1.54, 1.807) is 0 Å². The highest BCUT2D eigenvalue weighted by Crippen LogP contribution is 2.27. The van der Waals surface area contributed by atoms with Gasteiger partial charge in [0.2, 0.25) is 0 Å². The van der Waals surface area contributed by atoms with Crippen molar-refractivity contribution in [2.24, 2.45) is 5.92 Å². The van der Waals surface area contributed by atoms with Crippen LogP contribution >= 0.6 is 0 Å². The molecule has 0 unspecified atom stereocenters. The summed E-state index contributed by atoms with van der Waals surface area (Å²) in [6.45, 7) is 2.30. The smallest absolute Gasteiger partial charge is 0.0386 e. The molecule has 107 valence electrons. The van der Waals surface area contributed by atoms with Crippen LogP contribution in [0.4, 0.5) is 0 Å². The number of rotatable bonds is 11. The first-order valence-electron chi connectivity index (χ1n) is 8.75. The summed E-state index contributed by atoms with van der Waals surface area (Å²) in [4.78, 5) is 0. The van der Waals surface area contributed by atoms with Gasteiger partial charge in [0.15, 0.2) is 0 Å². The van der Waals surface area contributed by atoms with Gasteiger partial charge in [-0.3, -0.25) is 0 Å². The van der Waals surface area contributed by atoms with Crippen molar-refractivity contribution in [2.45, 2.75) is 103 Å². The topological polar surface area (TPSA) is 0 Å². The SMILES string of the molecule is CCCCCCCCCCCCC1CC[CH]CC1. The Hall–Kier alpha value is 0. The van der Waals surface area contributed by atoms with E-state index < -0.39 is 0 Å². The molecular formula is C18H35. The van der Waals surface area contributed by atoms with Crippen LogP contribution in [0.15, 0.2) is 0 Å². The molecule has 0 bridgehead atoms. The maximum Gasteiger partial charge on any atom is -0.0386 e. The Kier molecular flexibility index (Phi) is 10.8. The largest absolute Gasteiger partial charge is 0.0654 e. The van der Waals surface area contributed by atoms with Gasteiger partial charge in [-0.1, -0.05) is 90.4 Å². The fourth-order valence-electron chi connectivity index (χ4n) is 3.20. The Morgan fingerprint density at radius 1 is 0.722 bits per heavy atom. The van der Waals surface area contributed by atoms with Crippen LogP contribution in [0.25, 0.3) is 0 Å². The summed E-state index contributed by atoms with van der Waals surface area (Å²) in [5, 5.41) is 0. The Bertz CT molecular complexity index is 155. The van der Waals surface area contributed by atoms with E-state index in [9.17, 15) is 0 Å². The molecule has 1 aliphatic rings. The van der Waals surface area contributed by atoms with E-state index in [0.29, 0.717) is 0 Å². The second kappa shape index (κ2) is 12.1. The molecule has 0 heteroatoms. The third-order valence-corrected chi connectivity index (χ3v) is 4.52. The Labute approximate surface area is 116 Å². The number of hydrogen-bond acceptors (Lipinski definition) is 0. The molecule has 0 saturated heterocycles. The predicted molar refractivity (Wildman–Crippen MR) is 82.7 cm³/mol. The fraction of sp³-hybridized carbons (Fsp3) is 0.944. The van der Waals surface area contributed by atoms with Crippen molar-refractivity contribution in [3.8, 4) is 0 Å². The van der Waals surface area contributed by atoms with Gasteiger partial charge < -0.3 is 0 Å². The summed E-state index contributed by atoms with van der Waals surface area (Å²) in [6, 6.07) is 0. The molecule has 0 N–H and O–H groups in total. The van der Waals surface area contributed by atoms with Gasteiger partial charge in [0.05, 0.1) is 0 Å². The maximum atomic E-state index is 2.48. The summed E-state index contributed by atoms with van der Waals surface area (Å²) in [7, 11) is 0. The van der Waals surface area contributed by atoms with Crippen LogP contribution in [0.5, 0.6) is 0 Å². The minimum atomic E-state index is 1.07. The zero-order valence-corrected chi connectivity index (χ0v) is 12.8. The van der Waals surface area contributed by atoms with Crippen molar-refractivity contribution < 1.29 is 0 Å². The first-order chi connectivity index (χ1) is 8.93. The van der Waals surface area contributed by atoms with E-state index in [2.05, 4.69) is 13.3 Å². The normalized spacial score (nSPS) is 17.2. The second-order valence-corrected chi connectivity index (χ2v) is 6.28. The lowest BCUT2D eigenvalue weighted by molar-refractivity contribution is 0.364. The molecule has 0 aromatic carbocycles. The average Bonchev–Trinajstić information content (AvgIpc) is 2.42. The monoisotopic (exact) mass is 251 g/mol. The van der Waals surface area contributed by atoms with Gasteiger partial charge in [0, 0.05) is 0 Å². The van der Waals surface area contributed by atoms with Crippen LogP contribution in [0.1, 0.15) is 103 Å². The van der Waals surface area contributed by atoms with E-state index in [1.807, 2.05) is 0 Å². The molecule has 0 aromatic heterocycles. The van der Waals surface area contributed by atoms with E-state index in [-0.39, 0.29) is 0 Å². The Morgan fingerprint density at radius 3 is 1.78 bits per heavy atom. The van der Waals surface area contributed by atoms with Crippen molar-refractivity contribution in [1.82, 2.24) is 0 Å². The molecule has 0 amide bonds. The fourth-order valence-corrected chi connectivity index (χ4v) is 3.20. The van der Waals surface area contributed by atoms with E-state index >= 15 is 0 Å². The van der Waals surface area contributed by atoms with Crippen LogP contribution in [0.3, 0.4) is 0 Å². The zero-order chi connectivity index (χ0) is 12.9. The summed E-state index contributed by atoms with van der Waals surface area (Å²) in [6.07, 6.45) is 24.5. The van der Waals surface area contributed by atoms with Crippen molar-refractivity contribution in [3.63, 3.8) is 0 Å². The molecule has 0 heterocycles. The average molecular weight is 251 g/mol. The van der Waals surface area contributed by atoms with Gasteiger partial charge in [0.25, 0.3) is 0 Å². The first-order valence-corrected chi connectivity index (χ1v) is 8.75. The lowest BCUT2D eigenvalue weighted by Gasteiger charge is -2.20. The maximum absolute atomic E-state index is 2.48. The summed E-state index contributed by atoms with van der Waals surface area (Å²) in [5.41, 5.74) is 0. The summed E-state index contributed by atoms with van der Waals surface area (Å²) >= 11 is 0. The molecule has 0 aliphatic heterocycles. The Balaban J connectivity index is 1.73. The molecule has 1 aliphatic carbocycles. The molecule has 1 saturated carbocycles. The quantitative estimate of drug-likeness (QED) is 0.359. The van der Waals surface area contributed by atoms with E-state index in [4.69, 9.17) is 0 Å². The van der Waals surface area contributed by atoms with Crippen LogP contribution < -0.4 is 0 Å². The van der Waals surface area contributed by atoms with Gasteiger partial charge in [-0.15, -0.1) is 0 Å². The molecule has 1 rings (SSSR count). The van der Waals surface area contributed by atoms with Crippen molar-refractivity contribution in [2.75, 3.05) is 0 Å². The number of unbranched alkanes of at least 4 members (excludes halogenated alkanes) is 9. The molecule has 0 aromatic rings. The molecule has 0 spiro atoms. The first kappa shape index (κ1) is 16.1. The lowest BCUT2D eigenvalue weighted by atomic mass is 9.85. The molecule has 1 fully saturated rings. The third kappa shape index (κ3) is 9.00. The molecule has 1 radical (unpaired) electrons. The molecule has 18 heavy (non-hydrogen) atoms. The lowest BCUT2D eigenvalue weighted by Crippen LogP contribution is -2.06. The van der Waals surface area contributed by atoms with Crippen molar-refractivity contribution in [1.29, 1.82) is 0 Å². The highest BCUT2D eigenvalue weighted by molar-refractivity contribution is 4.76. The second-order valence-electron chi connectivity index (χ2n) is 6.28. The molecule has 0 atom stereocenters. The van der Waals surface area contributed by atoms with Crippen molar-refractivity contribution >= 4 is 0 Å². The van der Waals surface area contributed by atoms with E-state index in [1.165, 1.54) is 96.3 Å². The minimum absolute atomic E-state index is 1.07. The summed E-state index contributed by atoms with van der Waals surface area (Å²) < 4.78 is 0. The summed E-state index contributed by atoms with van der Waals surface area (Å²) in [5.74, 6) is 1.07. The third-order valence-electron chi connectivity index (χ3n) is 4.52. The highest BCUT2D eigenvalue weighted by atomic mass is 14.2. The highest BCUT2D eigenvalue weighted by Gasteiger charge is 2.12. The zero-order valence-electron chi connectivity index (χ0n) is 12.8. The van der Waals surface area contributed by atoms with Crippen LogP contribution in [-0.4, -0.2) is 0 Å². The van der Waals surface area contributed by atoms with Gasteiger partial charge in [0.1, 0.15) is 0 Å². The Morgan fingerprint density at radius 2 is 1.22 bits per heavy atom. The van der Waals surface area contributed by atoms with Crippen LogP contribution in [0, 0.1) is 12.3 Å². The van der Waals surface area contributed by atoms with Gasteiger partial charge in [-0.05, 0) is 25.2 Å². The minimum Gasteiger partial charge on any atom is -0.0654 e. The standard InChI is InChI=1S/C18H35/c1-2-3-4-5-6-7-8-9-10-12-15-18-16-13-11-14-17-18/h11,18H,2-10,12-17H2,1H3. The van der Waals surface area contributed by atoms with Gasteiger partial charge in [-0.25, -0.2) is 0 Å². The van der Waals surface area contributed by atoms with Gasteiger partial charge in [-0.2, -0.15) is 0 Å².